The van der Waals surface area contributed by atoms with Gasteiger partial charge in [0.05, 0.1) is 12.8 Å². The van der Waals surface area contributed by atoms with Gasteiger partial charge in [-0.2, -0.15) is 0 Å². The smallest absolute Gasteiger partial charge is 0.161 e. The number of hydrogen-bond acceptors (Lipinski definition) is 3. The summed E-state index contributed by atoms with van der Waals surface area (Å²) in [7, 11) is 1.64. The van der Waals surface area contributed by atoms with Crippen molar-refractivity contribution in [2.75, 3.05) is 7.11 Å². The average Bonchev–Trinajstić information content (AvgIpc) is 3.10. The van der Waals surface area contributed by atoms with E-state index in [1.165, 1.54) is 5.56 Å². The molecule has 0 N–H and O–H groups in total. The molecule has 2 aromatic carbocycles. The van der Waals surface area contributed by atoms with Crippen LogP contribution < -0.4 is 9.47 Å². The maximum absolute atomic E-state index is 5.93. The molecule has 0 spiro atoms. The lowest BCUT2D eigenvalue weighted by Crippen LogP contribution is -1.97. The number of rotatable bonds is 5. The molecule has 2 aromatic heterocycles. The van der Waals surface area contributed by atoms with Gasteiger partial charge in [0.25, 0.3) is 0 Å². The molecule has 2 heterocycles. The van der Waals surface area contributed by atoms with Crippen molar-refractivity contribution in [2.45, 2.75) is 13.5 Å². The molecule has 0 radical (unpaired) electrons. The van der Waals surface area contributed by atoms with Crippen LogP contribution >= 0.6 is 11.6 Å². The first-order valence-corrected chi connectivity index (χ1v) is 9.01. The average molecular weight is 379 g/mol. The van der Waals surface area contributed by atoms with Crippen LogP contribution in [0.2, 0.25) is 5.02 Å². The van der Waals surface area contributed by atoms with Crippen LogP contribution in [0.15, 0.2) is 67.0 Å². The summed E-state index contributed by atoms with van der Waals surface area (Å²) in [5, 5.41) is 0.711. The highest BCUT2D eigenvalue weighted by Crippen LogP contribution is 2.33. The molecule has 4 aromatic rings. The second-order valence-electron chi connectivity index (χ2n) is 6.38. The quantitative estimate of drug-likeness (QED) is 0.456. The fourth-order valence-corrected chi connectivity index (χ4v) is 3.06. The van der Waals surface area contributed by atoms with Crippen LogP contribution in [0, 0.1) is 6.92 Å². The highest BCUT2D eigenvalue weighted by atomic mass is 35.5. The van der Waals surface area contributed by atoms with Crippen LogP contribution in [0.3, 0.4) is 0 Å². The number of fused-ring (bicyclic) bond motifs is 1. The summed E-state index contributed by atoms with van der Waals surface area (Å²) >= 11 is 5.92. The molecule has 0 aliphatic rings. The standard InChI is InChI=1S/C22H19ClN2O2/c1-15-3-10-22-24-19(13-25(22)12-15)17-6-9-20(21(11-17)26-2)27-14-16-4-7-18(23)8-5-16/h3-13H,14H2,1-2H3. The van der Waals surface area contributed by atoms with E-state index in [0.717, 1.165) is 22.5 Å². The van der Waals surface area contributed by atoms with Gasteiger partial charge in [-0.15, -0.1) is 0 Å². The number of nitrogens with zero attached hydrogens (tertiary/aromatic N) is 2. The number of hydrogen-bond donors (Lipinski definition) is 0. The van der Waals surface area contributed by atoms with Gasteiger partial charge in [-0.05, 0) is 54.4 Å². The largest absolute Gasteiger partial charge is 0.493 e. The van der Waals surface area contributed by atoms with Gasteiger partial charge in [0.15, 0.2) is 11.5 Å². The van der Waals surface area contributed by atoms with E-state index < -0.39 is 0 Å². The molecule has 0 aliphatic heterocycles. The van der Waals surface area contributed by atoms with Crippen molar-refractivity contribution in [3.63, 3.8) is 0 Å². The third-order valence-corrected chi connectivity index (χ3v) is 4.62. The Kier molecular flexibility index (Phi) is 4.73. The van der Waals surface area contributed by atoms with Crippen LogP contribution in [0.1, 0.15) is 11.1 Å². The number of benzene rings is 2. The third-order valence-electron chi connectivity index (χ3n) is 4.37. The lowest BCUT2D eigenvalue weighted by molar-refractivity contribution is 0.284. The van der Waals surface area contributed by atoms with Crippen LogP contribution in [-0.4, -0.2) is 16.5 Å². The summed E-state index contributed by atoms with van der Waals surface area (Å²) in [6.07, 6.45) is 4.08. The first-order chi connectivity index (χ1) is 13.1. The normalized spacial score (nSPS) is 10.9. The summed E-state index contributed by atoms with van der Waals surface area (Å²) in [4.78, 5) is 4.69. The predicted molar refractivity (Wildman–Crippen MR) is 108 cm³/mol. The molecule has 0 amide bonds. The molecule has 0 unspecified atom stereocenters. The first-order valence-electron chi connectivity index (χ1n) is 8.63. The number of pyridine rings is 1. The molecule has 0 bridgehead atoms. The van der Waals surface area contributed by atoms with Crippen molar-refractivity contribution in [3.05, 3.63) is 83.1 Å². The number of methoxy groups -OCH3 is 1. The Bertz CT molecular complexity index is 1090. The molecule has 4 nitrogen and oxygen atoms in total. The molecule has 0 fully saturated rings. The SMILES string of the molecule is COc1cc(-c2cn3cc(C)ccc3n2)ccc1OCc1ccc(Cl)cc1. The monoisotopic (exact) mass is 378 g/mol. The minimum atomic E-state index is 0.445. The van der Waals surface area contributed by atoms with Gasteiger partial charge in [0, 0.05) is 23.0 Å². The van der Waals surface area contributed by atoms with Crippen LogP contribution in [0.25, 0.3) is 16.9 Å². The van der Waals surface area contributed by atoms with Crippen molar-refractivity contribution in [1.29, 1.82) is 0 Å². The molecule has 0 saturated carbocycles. The van der Waals surface area contributed by atoms with E-state index in [4.69, 9.17) is 21.1 Å². The molecular weight excluding hydrogens is 360 g/mol. The molecule has 136 valence electrons. The van der Waals surface area contributed by atoms with Crippen molar-refractivity contribution in [3.8, 4) is 22.8 Å². The van der Waals surface area contributed by atoms with E-state index in [0.29, 0.717) is 23.1 Å². The maximum Gasteiger partial charge on any atom is 0.161 e. The van der Waals surface area contributed by atoms with Gasteiger partial charge in [0.2, 0.25) is 0 Å². The number of ether oxygens (including phenoxy) is 2. The molecule has 0 saturated heterocycles. The van der Waals surface area contributed by atoms with E-state index >= 15 is 0 Å². The lowest BCUT2D eigenvalue weighted by atomic mass is 10.1. The van der Waals surface area contributed by atoms with Gasteiger partial charge in [-0.25, -0.2) is 4.98 Å². The van der Waals surface area contributed by atoms with Gasteiger partial charge in [0.1, 0.15) is 12.3 Å². The van der Waals surface area contributed by atoms with E-state index in [1.807, 2.05) is 59.1 Å². The van der Waals surface area contributed by atoms with E-state index in [1.54, 1.807) is 7.11 Å². The van der Waals surface area contributed by atoms with Crippen molar-refractivity contribution < 1.29 is 9.47 Å². The van der Waals surface area contributed by atoms with E-state index in [-0.39, 0.29) is 0 Å². The fourth-order valence-electron chi connectivity index (χ4n) is 2.93. The summed E-state index contributed by atoms with van der Waals surface area (Å²) in [6.45, 7) is 2.51. The minimum absolute atomic E-state index is 0.445. The Morgan fingerprint density at radius 2 is 1.78 bits per heavy atom. The van der Waals surface area contributed by atoms with Crippen LogP contribution in [0.5, 0.6) is 11.5 Å². The maximum atomic E-state index is 5.93. The number of imidazole rings is 1. The Morgan fingerprint density at radius 1 is 0.963 bits per heavy atom. The van der Waals surface area contributed by atoms with Crippen LogP contribution in [-0.2, 0) is 6.61 Å². The molecule has 4 rings (SSSR count). The Morgan fingerprint density at radius 3 is 2.56 bits per heavy atom. The van der Waals surface area contributed by atoms with E-state index in [9.17, 15) is 0 Å². The molecular formula is C22H19ClN2O2. The zero-order chi connectivity index (χ0) is 18.8. The van der Waals surface area contributed by atoms with Gasteiger partial charge in [-0.1, -0.05) is 29.8 Å². The molecule has 0 atom stereocenters. The predicted octanol–water partition coefficient (Wildman–Crippen LogP) is 5.55. The summed E-state index contributed by atoms with van der Waals surface area (Å²) in [6, 6.07) is 17.5. The number of aromatic nitrogens is 2. The zero-order valence-corrected chi connectivity index (χ0v) is 15.9. The number of aryl methyl sites for hydroxylation is 1. The Balaban J connectivity index is 1.59. The Hall–Kier alpha value is -2.98. The van der Waals surface area contributed by atoms with E-state index in [2.05, 4.69) is 24.2 Å². The van der Waals surface area contributed by atoms with Crippen molar-refractivity contribution >= 4 is 17.2 Å². The van der Waals surface area contributed by atoms with Crippen molar-refractivity contribution in [2.24, 2.45) is 0 Å². The lowest BCUT2D eigenvalue weighted by Gasteiger charge is -2.12. The van der Waals surface area contributed by atoms with Gasteiger partial charge < -0.3 is 13.9 Å². The topological polar surface area (TPSA) is 35.8 Å². The zero-order valence-electron chi connectivity index (χ0n) is 15.1. The summed E-state index contributed by atoms with van der Waals surface area (Å²) in [5.74, 6) is 1.37. The molecule has 5 heteroatoms. The first kappa shape index (κ1) is 17.4. The number of halogens is 1. The fraction of sp³-hybridized carbons (Fsp3) is 0.136. The highest BCUT2D eigenvalue weighted by Gasteiger charge is 2.10. The minimum Gasteiger partial charge on any atom is -0.493 e. The molecule has 0 aliphatic carbocycles. The second-order valence-corrected chi connectivity index (χ2v) is 6.82. The third kappa shape index (κ3) is 3.76. The van der Waals surface area contributed by atoms with Gasteiger partial charge >= 0.3 is 0 Å². The molecule has 27 heavy (non-hydrogen) atoms. The second kappa shape index (κ2) is 7.33. The Labute approximate surface area is 163 Å². The van der Waals surface area contributed by atoms with Gasteiger partial charge in [-0.3, -0.25) is 0 Å². The summed E-state index contributed by atoms with van der Waals surface area (Å²) < 4.78 is 13.5. The van der Waals surface area contributed by atoms with Crippen LogP contribution in [0.4, 0.5) is 0 Å². The van der Waals surface area contributed by atoms with Crippen molar-refractivity contribution in [1.82, 2.24) is 9.38 Å². The highest BCUT2D eigenvalue weighted by molar-refractivity contribution is 6.30. The summed E-state index contributed by atoms with van der Waals surface area (Å²) in [5.41, 5.74) is 5.02.